The van der Waals surface area contributed by atoms with Gasteiger partial charge in [0.2, 0.25) is 0 Å². The number of hydrogen-bond donors (Lipinski definition) is 3. The second-order valence-electron chi connectivity index (χ2n) is 4.78. The SMILES string of the molecule is CN1CCC(Nc2c(N)cc(N)c(Cl)c2F)CC1. The van der Waals surface area contributed by atoms with E-state index in [4.69, 9.17) is 23.1 Å². The van der Waals surface area contributed by atoms with Crippen LogP contribution in [0.3, 0.4) is 0 Å². The van der Waals surface area contributed by atoms with Crippen molar-refractivity contribution < 1.29 is 4.39 Å². The molecule has 0 saturated carbocycles. The van der Waals surface area contributed by atoms with Crippen LogP contribution >= 0.6 is 11.6 Å². The maximum atomic E-state index is 14.0. The van der Waals surface area contributed by atoms with Crippen LogP contribution in [0.15, 0.2) is 6.07 Å². The smallest absolute Gasteiger partial charge is 0.169 e. The number of nitrogens with zero attached hydrogens (tertiary/aromatic N) is 1. The highest BCUT2D eigenvalue weighted by atomic mass is 35.5. The number of hydrogen-bond acceptors (Lipinski definition) is 4. The van der Waals surface area contributed by atoms with Crippen LogP contribution in [0.2, 0.25) is 5.02 Å². The summed E-state index contributed by atoms with van der Waals surface area (Å²) in [5.41, 5.74) is 12.1. The van der Waals surface area contributed by atoms with E-state index in [1.807, 2.05) is 0 Å². The Hall–Kier alpha value is -1.20. The second-order valence-corrected chi connectivity index (χ2v) is 5.16. The third-order valence-corrected chi connectivity index (χ3v) is 3.72. The lowest BCUT2D eigenvalue weighted by Crippen LogP contribution is -2.37. The van der Waals surface area contributed by atoms with Crippen LogP contribution in [0.25, 0.3) is 0 Å². The van der Waals surface area contributed by atoms with E-state index in [2.05, 4.69) is 17.3 Å². The Kier molecular flexibility index (Phi) is 3.82. The van der Waals surface area contributed by atoms with Crippen LogP contribution in [-0.2, 0) is 0 Å². The van der Waals surface area contributed by atoms with Crippen LogP contribution in [0, 0.1) is 5.82 Å². The number of anilines is 3. The van der Waals surface area contributed by atoms with Crippen molar-refractivity contribution in [2.45, 2.75) is 18.9 Å². The lowest BCUT2D eigenvalue weighted by molar-refractivity contribution is 0.263. The average Bonchev–Trinajstić information content (AvgIpc) is 2.34. The number of rotatable bonds is 2. The summed E-state index contributed by atoms with van der Waals surface area (Å²) >= 11 is 5.79. The summed E-state index contributed by atoms with van der Waals surface area (Å²) in [5.74, 6) is -0.562. The summed E-state index contributed by atoms with van der Waals surface area (Å²) in [4.78, 5) is 2.24. The summed E-state index contributed by atoms with van der Waals surface area (Å²) in [7, 11) is 2.07. The maximum Gasteiger partial charge on any atom is 0.169 e. The topological polar surface area (TPSA) is 67.3 Å². The normalized spacial score (nSPS) is 17.9. The van der Waals surface area contributed by atoms with Crippen molar-refractivity contribution in [2.75, 3.05) is 36.9 Å². The van der Waals surface area contributed by atoms with E-state index >= 15 is 0 Å². The summed E-state index contributed by atoms with van der Waals surface area (Å²) < 4.78 is 14.0. The molecule has 2 rings (SSSR count). The lowest BCUT2D eigenvalue weighted by atomic mass is 10.0. The van der Waals surface area contributed by atoms with Gasteiger partial charge in [0.1, 0.15) is 5.02 Å². The molecule has 1 heterocycles. The van der Waals surface area contributed by atoms with Gasteiger partial charge >= 0.3 is 0 Å². The molecule has 1 saturated heterocycles. The highest BCUT2D eigenvalue weighted by molar-refractivity contribution is 6.33. The molecule has 0 aromatic heterocycles. The highest BCUT2D eigenvalue weighted by Gasteiger charge is 2.20. The van der Waals surface area contributed by atoms with Crippen molar-refractivity contribution in [3.05, 3.63) is 16.9 Å². The Morgan fingerprint density at radius 2 is 1.94 bits per heavy atom. The molecule has 6 heteroatoms. The van der Waals surface area contributed by atoms with E-state index in [9.17, 15) is 4.39 Å². The van der Waals surface area contributed by atoms with Crippen LogP contribution in [0.1, 0.15) is 12.8 Å². The molecule has 1 aliphatic heterocycles. The van der Waals surface area contributed by atoms with Crippen LogP contribution in [-0.4, -0.2) is 31.1 Å². The Morgan fingerprint density at radius 3 is 2.56 bits per heavy atom. The largest absolute Gasteiger partial charge is 0.397 e. The Balaban J connectivity index is 2.16. The fourth-order valence-electron chi connectivity index (χ4n) is 2.17. The Labute approximate surface area is 111 Å². The standard InChI is InChI=1S/C12H18ClFN4/c1-18-4-2-7(3-5-18)17-12-9(16)6-8(15)10(13)11(12)14/h6-7,17H,2-5,15-16H2,1H3. The number of nitrogen functional groups attached to an aromatic ring is 2. The fraction of sp³-hybridized carbons (Fsp3) is 0.500. The van der Waals surface area contributed by atoms with Gasteiger partial charge < -0.3 is 21.7 Å². The number of benzene rings is 1. The predicted octanol–water partition coefficient (Wildman–Crippen LogP) is 2.15. The van der Waals surface area contributed by atoms with Gasteiger partial charge in [-0.3, -0.25) is 0 Å². The number of likely N-dealkylation sites (tertiary alicyclic amines) is 1. The van der Waals surface area contributed by atoms with E-state index in [-0.39, 0.29) is 22.4 Å². The number of piperidine rings is 1. The number of halogens is 2. The van der Waals surface area contributed by atoms with Crippen molar-refractivity contribution in [3.8, 4) is 0 Å². The maximum absolute atomic E-state index is 14.0. The molecule has 100 valence electrons. The molecule has 4 nitrogen and oxygen atoms in total. The Bertz CT molecular complexity index is 444. The van der Waals surface area contributed by atoms with Crippen molar-refractivity contribution in [1.29, 1.82) is 0 Å². The van der Waals surface area contributed by atoms with Gasteiger partial charge in [-0.15, -0.1) is 0 Å². The van der Waals surface area contributed by atoms with Gasteiger partial charge in [0.25, 0.3) is 0 Å². The third-order valence-electron chi connectivity index (χ3n) is 3.33. The van der Waals surface area contributed by atoms with E-state index in [1.54, 1.807) is 0 Å². The monoisotopic (exact) mass is 272 g/mol. The summed E-state index contributed by atoms with van der Waals surface area (Å²) in [6.07, 6.45) is 1.91. The Morgan fingerprint density at radius 1 is 1.33 bits per heavy atom. The molecule has 18 heavy (non-hydrogen) atoms. The molecule has 0 aliphatic carbocycles. The van der Waals surface area contributed by atoms with Crippen molar-refractivity contribution in [3.63, 3.8) is 0 Å². The molecule has 5 N–H and O–H groups in total. The van der Waals surface area contributed by atoms with Gasteiger partial charge in [-0.1, -0.05) is 11.6 Å². The molecule has 1 fully saturated rings. The summed E-state index contributed by atoms with van der Waals surface area (Å²) in [6.45, 7) is 1.98. The zero-order valence-electron chi connectivity index (χ0n) is 10.3. The number of nitrogens with two attached hydrogens (primary N) is 2. The summed E-state index contributed by atoms with van der Waals surface area (Å²) in [5, 5.41) is 3.07. The fourth-order valence-corrected chi connectivity index (χ4v) is 2.32. The average molecular weight is 273 g/mol. The van der Waals surface area contributed by atoms with Crippen LogP contribution in [0.4, 0.5) is 21.5 Å². The quantitative estimate of drug-likeness (QED) is 0.722. The molecule has 0 atom stereocenters. The first-order valence-corrected chi connectivity index (χ1v) is 6.35. The molecule has 1 aromatic rings. The molecular weight excluding hydrogens is 255 g/mol. The molecular formula is C12H18ClFN4. The minimum atomic E-state index is -0.562. The molecule has 0 amide bonds. The first kappa shape index (κ1) is 13.2. The minimum Gasteiger partial charge on any atom is -0.397 e. The van der Waals surface area contributed by atoms with E-state index < -0.39 is 5.82 Å². The summed E-state index contributed by atoms with van der Waals surface area (Å²) in [6, 6.07) is 1.71. The molecule has 0 radical (unpaired) electrons. The van der Waals surface area contributed by atoms with Gasteiger partial charge in [0, 0.05) is 6.04 Å². The third kappa shape index (κ3) is 2.62. The van der Waals surface area contributed by atoms with Crippen LogP contribution < -0.4 is 16.8 Å². The van der Waals surface area contributed by atoms with E-state index in [1.165, 1.54) is 6.07 Å². The first-order chi connectivity index (χ1) is 8.49. The number of nitrogens with one attached hydrogen (secondary N) is 1. The van der Waals surface area contributed by atoms with E-state index in [0.29, 0.717) is 5.69 Å². The van der Waals surface area contributed by atoms with Crippen molar-refractivity contribution in [2.24, 2.45) is 0 Å². The van der Waals surface area contributed by atoms with Gasteiger partial charge in [-0.2, -0.15) is 0 Å². The zero-order chi connectivity index (χ0) is 13.3. The molecule has 0 unspecified atom stereocenters. The van der Waals surface area contributed by atoms with Crippen LogP contribution in [0.5, 0.6) is 0 Å². The van der Waals surface area contributed by atoms with E-state index in [0.717, 1.165) is 25.9 Å². The molecule has 1 aliphatic rings. The molecule has 0 bridgehead atoms. The molecule has 1 aromatic carbocycles. The minimum absolute atomic E-state index is 0.0698. The predicted molar refractivity (Wildman–Crippen MR) is 74.4 cm³/mol. The van der Waals surface area contributed by atoms with Gasteiger partial charge in [0.05, 0.1) is 17.1 Å². The van der Waals surface area contributed by atoms with Gasteiger partial charge in [-0.05, 0) is 39.0 Å². The second kappa shape index (κ2) is 5.20. The molecule has 0 spiro atoms. The van der Waals surface area contributed by atoms with Gasteiger partial charge in [0.15, 0.2) is 5.82 Å². The lowest BCUT2D eigenvalue weighted by Gasteiger charge is -2.30. The van der Waals surface area contributed by atoms with Crippen molar-refractivity contribution in [1.82, 2.24) is 4.90 Å². The first-order valence-electron chi connectivity index (χ1n) is 5.97. The van der Waals surface area contributed by atoms with Gasteiger partial charge in [-0.25, -0.2) is 4.39 Å². The van der Waals surface area contributed by atoms with Crippen molar-refractivity contribution >= 4 is 28.7 Å². The highest BCUT2D eigenvalue weighted by Crippen LogP contribution is 2.34. The zero-order valence-corrected chi connectivity index (χ0v) is 11.1.